The number of ether oxygens (including phenoxy) is 1. The van der Waals surface area contributed by atoms with Gasteiger partial charge in [-0.05, 0) is 36.2 Å². The molecule has 3 heteroatoms. The number of rotatable bonds is 5. The van der Waals surface area contributed by atoms with Gasteiger partial charge in [-0.25, -0.2) is 0 Å². The van der Waals surface area contributed by atoms with Crippen molar-refractivity contribution in [2.75, 3.05) is 7.11 Å². The molecule has 18 heavy (non-hydrogen) atoms. The Morgan fingerprint density at radius 1 is 1.22 bits per heavy atom. The fourth-order valence-corrected chi connectivity index (χ4v) is 2.87. The van der Waals surface area contributed by atoms with Crippen molar-refractivity contribution < 1.29 is 9.84 Å². The van der Waals surface area contributed by atoms with Gasteiger partial charge in [0.15, 0.2) is 0 Å². The molecule has 2 nitrogen and oxygen atoms in total. The molecule has 1 unspecified atom stereocenters. The average molecular weight is 262 g/mol. The van der Waals surface area contributed by atoms with Gasteiger partial charge in [-0.3, -0.25) is 0 Å². The summed E-state index contributed by atoms with van der Waals surface area (Å²) < 4.78 is 5.17. The largest absolute Gasteiger partial charge is 0.497 e. The van der Waals surface area contributed by atoms with Crippen LogP contribution in [-0.4, -0.2) is 12.2 Å². The molecule has 0 fully saturated rings. The van der Waals surface area contributed by atoms with Crippen LogP contribution in [-0.2, 0) is 12.8 Å². The van der Waals surface area contributed by atoms with E-state index in [4.69, 9.17) is 4.74 Å². The second-order valence-corrected chi connectivity index (χ2v) is 5.47. The topological polar surface area (TPSA) is 29.5 Å². The molecule has 2 rings (SSSR count). The summed E-state index contributed by atoms with van der Waals surface area (Å²) in [5.74, 6) is 0.784. The molecule has 0 amide bonds. The number of methoxy groups -OCH3 is 1. The molecule has 0 radical (unpaired) electrons. The van der Waals surface area contributed by atoms with Crippen molar-refractivity contribution in [3.63, 3.8) is 0 Å². The highest BCUT2D eigenvalue weighted by molar-refractivity contribution is 7.11. The lowest BCUT2D eigenvalue weighted by Crippen LogP contribution is -2.00. The predicted octanol–water partition coefficient (Wildman–Crippen LogP) is 3.60. The van der Waals surface area contributed by atoms with E-state index in [0.717, 1.165) is 17.7 Å². The van der Waals surface area contributed by atoms with Gasteiger partial charge in [0.2, 0.25) is 0 Å². The number of aryl methyl sites for hydroxylation is 1. The number of aliphatic hydroxyl groups is 1. The van der Waals surface area contributed by atoms with Gasteiger partial charge < -0.3 is 9.84 Å². The van der Waals surface area contributed by atoms with Crippen LogP contribution in [0.3, 0.4) is 0 Å². The van der Waals surface area contributed by atoms with Crippen molar-refractivity contribution in [3.8, 4) is 5.75 Å². The molecule has 0 saturated heterocycles. The van der Waals surface area contributed by atoms with Crippen LogP contribution >= 0.6 is 11.3 Å². The maximum atomic E-state index is 10.2. The first-order chi connectivity index (χ1) is 8.72. The molecule has 2 aromatic rings. The van der Waals surface area contributed by atoms with Gasteiger partial charge in [0.05, 0.1) is 13.2 Å². The lowest BCUT2D eigenvalue weighted by atomic mass is 10.1. The van der Waals surface area contributed by atoms with Gasteiger partial charge in [0, 0.05) is 16.2 Å². The van der Waals surface area contributed by atoms with Gasteiger partial charge in [0.1, 0.15) is 5.75 Å². The second kappa shape index (κ2) is 6.03. The van der Waals surface area contributed by atoms with E-state index in [2.05, 4.69) is 19.1 Å². The van der Waals surface area contributed by atoms with Crippen LogP contribution in [0.2, 0.25) is 0 Å². The van der Waals surface area contributed by atoms with Crippen molar-refractivity contribution in [3.05, 3.63) is 51.7 Å². The summed E-state index contributed by atoms with van der Waals surface area (Å²) in [4.78, 5) is 2.59. The molecule has 1 heterocycles. The Labute approximate surface area is 112 Å². The zero-order valence-electron chi connectivity index (χ0n) is 10.7. The van der Waals surface area contributed by atoms with Gasteiger partial charge in [-0.15, -0.1) is 11.3 Å². The van der Waals surface area contributed by atoms with Crippen molar-refractivity contribution >= 4 is 11.3 Å². The Bertz CT molecular complexity index is 505. The molecule has 0 bridgehead atoms. The normalized spacial score (nSPS) is 12.4. The molecule has 0 spiro atoms. The van der Waals surface area contributed by atoms with E-state index in [-0.39, 0.29) is 0 Å². The quantitative estimate of drug-likeness (QED) is 0.892. The van der Waals surface area contributed by atoms with E-state index >= 15 is 0 Å². The summed E-state index contributed by atoms with van der Waals surface area (Å²) in [6, 6.07) is 11.9. The van der Waals surface area contributed by atoms with Crippen LogP contribution in [0.1, 0.15) is 28.3 Å². The molecule has 0 saturated carbocycles. The molecule has 0 aliphatic carbocycles. The third-order valence-corrected chi connectivity index (χ3v) is 4.19. The lowest BCUT2D eigenvalue weighted by Gasteiger charge is -2.11. The van der Waals surface area contributed by atoms with Gasteiger partial charge in [0.25, 0.3) is 0 Å². The number of hydrogen-bond donors (Lipinski definition) is 1. The molecule has 1 aromatic heterocycles. The van der Waals surface area contributed by atoms with Crippen LogP contribution in [0.15, 0.2) is 36.4 Å². The minimum Gasteiger partial charge on any atom is -0.497 e. The van der Waals surface area contributed by atoms with Crippen LogP contribution < -0.4 is 4.74 Å². The van der Waals surface area contributed by atoms with E-state index in [0.29, 0.717) is 6.42 Å². The predicted molar refractivity (Wildman–Crippen MR) is 75.4 cm³/mol. The number of thiophene rings is 1. The Morgan fingerprint density at radius 3 is 2.67 bits per heavy atom. The van der Waals surface area contributed by atoms with Crippen molar-refractivity contribution in [2.24, 2.45) is 0 Å². The fraction of sp³-hybridized carbons (Fsp3) is 0.333. The van der Waals surface area contributed by atoms with Gasteiger partial charge >= 0.3 is 0 Å². The summed E-state index contributed by atoms with van der Waals surface area (Å²) in [5, 5.41) is 10.2. The first-order valence-corrected chi connectivity index (χ1v) is 6.94. The Kier molecular flexibility index (Phi) is 4.39. The summed E-state index contributed by atoms with van der Waals surface area (Å²) in [7, 11) is 1.64. The third-order valence-electron chi connectivity index (χ3n) is 2.94. The number of hydrogen-bond acceptors (Lipinski definition) is 3. The zero-order chi connectivity index (χ0) is 13.0. The minimum atomic E-state index is -0.469. The van der Waals surface area contributed by atoms with Crippen LogP contribution in [0.25, 0.3) is 0 Å². The molecular formula is C15H18O2S. The average Bonchev–Trinajstić information content (AvgIpc) is 2.86. The molecule has 1 aromatic carbocycles. The van der Waals surface area contributed by atoms with Crippen molar-refractivity contribution in [1.82, 2.24) is 0 Å². The number of aliphatic hydroxyl groups excluding tert-OH is 1. The Balaban J connectivity index is 2.08. The Hall–Kier alpha value is -1.32. The zero-order valence-corrected chi connectivity index (χ0v) is 11.5. The second-order valence-electron chi connectivity index (χ2n) is 4.22. The highest BCUT2D eigenvalue weighted by Gasteiger charge is 2.10. The first-order valence-electron chi connectivity index (χ1n) is 6.12. The minimum absolute atomic E-state index is 0.469. The maximum absolute atomic E-state index is 10.2. The lowest BCUT2D eigenvalue weighted by molar-refractivity contribution is 0.179. The summed E-state index contributed by atoms with van der Waals surface area (Å²) in [5.41, 5.74) is 0.904. The van der Waals surface area contributed by atoms with Gasteiger partial charge in [-0.2, -0.15) is 0 Å². The molecule has 0 aliphatic heterocycles. The molecule has 1 atom stereocenters. The molecule has 96 valence electrons. The SMILES string of the molecule is CCc1ccc(CC(O)c2cccc(OC)c2)s1. The summed E-state index contributed by atoms with van der Waals surface area (Å²) in [6.45, 7) is 2.15. The fourth-order valence-electron chi connectivity index (χ4n) is 1.88. The van der Waals surface area contributed by atoms with E-state index in [1.54, 1.807) is 18.4 Å². The van der Waals surface area contributed by atoms with Crippen LogP contribution in [0, 0.1) is 0 Å². The van der Waals surface area contributed by atoms with Crippen LogP contribution in [0.4, 0.5) is 0 Å². The maximum Gasteiger partial charge on any atom is 0.119 e. The van der Waals surface area contributed by atoms with Gasteiger partial charge in [-0.1, -0.05) is 19.1 Å². The summed E-state index contributed by atoms with van der Waals surface area (Å²) >= 11 is 1.77. The highest BCUT2D eigenvalue weighted by atomic mass is 32.1. The van der Waals surface area contributed by atoms with E-state index in [1.165, 1.54) is 9.75 Å². The smallest absolute Gasteiger partial charge is 0.119 e. The number of benzene rings is 1. The highest BCUT2D eigenvalue weighted by Crippen LogP contribution is 2.26. The van der Waals surface area contributed by atoms with Crippen molar-refractivity contribution in [1.29, 1.82) is 0 Å². The molecular weight excluding hydrogens is 244 g/mol. The van der Waals surface area contributed by atoms with E-state index < -0.39 is 6.10 Å². The first kappa shape index (κ1) is 13.1. The molecule has 0 aliphatic rings. The third kappa shape index (κ3) is 3.12. The van der Waals surface area contributed by atoms with Crippen LogP contribution in [0.5, 0.6) is 5.75 Å². The van der Waals surface area contributed by atoms with E-state index in [1.807, 2.05) is 24.3 Å². The molecule has 1 N–H and O–H groups in total. The standard InChI is InChI=1S/C15H18O2S/c1-3-13-7-8-14(18-13)10-15(16)11-5-4-6-12(9-11)17-2/h4-9,15-16H,3,10H2,1-2H3. The van der Waals surface area contributed by atoms with E-state index in [9.17, 15) is 5.11 Å². The summed E-state index contributed by atoms with van der Waals surface area (Å²) in [6.07, 6.45) is 1.25. The van der Waals surface area contributed by atoms with Crippen molar-refractivity contribution in [2.45, 2.75) is 25.9 Å². The monoisotopic (exact) mass is 262 g/mol. The Morgan fingerprint density at radius 2 is 2.00 bits per heavy atom.